The average molecular weight is 215 g/mol. The Hall–Kier alpha value is -1.85. The highest BCUT2D eigenvalue weighted by Crippen LogP contribution is 1.91. The van der Waals surface area contributed by atoms with Crippen LogP contribution in [0.2, 0.25) is 0 Å². The van der Waals surface area contributed by atoms with Crippen LogP contribution >= 0.6 is 0 Å². The summed E-state index contributed by atoms with van der Waals surface area (Å²) in [5.74, 6) is -2.43. The molecule has 15 heavy (non-hydrogen) atoms. The van der Waals surface area contributed by atoms with Gasteiger partial charge < -0.3 is 14.4 Å². The molecule has 0 aliphatic heterocycles. The number of amides is 1. The van der Waals surface area contributed by atoms with Gasteiger partial charge in [0.05, 0.1) is 13.7 Å². The highest BCUT2D eigenvalue weighted by Gasteiger charge is 2.17. The average Bonchev–Trinajstić information content (AvgIpc) is 2.24. The molecule has 0 fully saturated rings. The molecule has 0 aromatic rings. The Morgan fingerprint density at radius 1 is 1.33 bits per heavy atom. The molecule has 0 bridgehead atoms. The zero-order valence-corrected chi connectivity index (χ0v) is 8.85. The molecular weight excluding hydrogens is 202 g/mol. The summed E-state index contributed by atoms with van der Waals surface area (Å²) >= 11 is 0. The molecular formula is C9H13NO5. The van der Waals surface area contributed by atoms with Gasteiger partial charge in [0.2, 0.25) is 0 Å². The fraction of sp³-hybridized carbons (Fsp3) is 0.444. The van der Waals surface area contributed by atoms with Crippen molar-refractivity contribution in [1.82, 2.24) is 4.90 Å². The van der Waals surface area contributed by atoms with Crippen molar-refractivity contribution in [1.29, 1.82) is 0 Å². The van der Waals surface area contributed by atoms with Gasteiger partial charge in [0.25, 0.3) is 0 Å². The number of methoxy groups -OCH3 is 1. The minimum absolute atomic E-state index is 0.124. The van der Waals surface area contributed by atoms with Crippen LogP contribution in [0.15, 0.2) is 12.3 Å². The topological polar surface area (TPSA) is 72.9 Å². The van der Waals surface area contributed by atoms with Crippen molar-refractivity contribution in [3.63, 3.8) is 0 Å². The smallest absolute Gasteiger partial charge is 0.397 e. The summed E-state index contributed by atoms with van der Waals surface area (Å²) in [6.07, 6.45) is 2.15. The normalized spacial score (nSPS) is 9.80. The number of hydrogen-bond acceptors (Lipinski definition) is 5. The third-order valence-corrected chi connectivity index (χ3v) is 1.41. The van der Waals surface area contributed by atoms with E-state index in [0.717, 1.165) is 17.2 Å². The highest BCUT2D eigenvalue weighted by atomic mass is 16.5. The van der Waals surface area contributed by atoms with Crippen molar-refractivity contribution >= 4 is 17.8 Å². The molecule has 6 nitrogen and oxygen atoms in total. The third-order valence-electron chi connectivity index (χ3n) is 1.41. The molecule has 0 aromatic heterocycles. The highest BCUT2D eigenvalue weighted by molar-refractivity contribution is 6.32. The van der Waals surface area contributed by atoms with E-state index in [1.165, 1.54) is 14.2 Å². The fourth-order valence-electron chi connectivity index (χ4n) is 0.645. The Labute approximate surface area is 87.4 Å². The zero-order valence-electron chi connectivity index (χ0n) is 8.85. The first-order valence-corrected chi connectivity index (χ1v) is 4.23. The van der Waals surface area contributed by atoms with E-state index in [-0.39, 0.29) is 6.61 Å². The number of esters is 2. The summed E-state index contributed by atoms with van der Waals surface area (Å²) in [5, 5.41) is 0. The first kappa shape index (κ1) is 13.2. The first-order valence-electron chi connectivity index (χ1n) is 4.23. The van der Waals surface area contributed by atoms with Gasteiger partial charge in [-0.2, -0.15) is 0 Å². The quantitative estimate of drug-likeness (QED) is 0.367. The summed E-state index contributed by atoms with van der Waals surface area (Å²) in [5.41, 5.74) is 0. The summed E-state index contributed by atoms with van der Waals surface area (Å²) < 4.78 is 8.79. The molecule has 0 rings (SSSR count). The Balaban J connectivity index is 4.27. The summed E-state index contributed by atoms with van der Waals surface area (Å²) in [4.78, 5) is 33.7. The largest absolute Gasteiger partial charge is 0.466 e. The van der Waals surface area contributed by atoms with Crippen molar-refractivity contribution in [3.8, 4) is 0 Å². The minimum Gasteiger partial charge on any atom is -0.466 e. The number of likely N-dealkylation sites (N-methyl/N-ethyl adjacent to an activating group) is 1. The molecule has 0 saturated heterocycles. The van der Waals surface area contributed by atoms with Gasteiger partial charge >= 0.3 is 17.8 Å². The SMILES string of the molecule is CCOC(=O)C(=O)N(C)/C=C\C(=O)OC. The number of carbonyl (C=O) groups is 3. The van der Waals surface area contributed by atoms with E-state index in [0.29, 0.717) is 0 Å². The molecule has 0 aliphatic carbocycles. The monoisotopic (exact) mass is 215 g/mol. The van der Waals surface area contributed by atoms with E-state index in [9.17, 15) is 14.4 Å². The maximum atomic E-state index is 11.2. The van der Waals surface area contributed by atoms with Crippen molar-refractivity contribution in [2.75, 3.05) is 20.8 Å². The van der Waals surface area contributed by atoms with Crippen LogP contribution in [0.4, 0.5) is 0 Å². The minimum atomic E-state index is -0.963. The van der Waals surface area contributed by atoms with Gasteiger partial charge in [-0.05, 0) is 6.92 Å². The second kappa shape index (κ2) is 6.58. The van der Waals surface area contributed by atoms with Gasteiger partial charge in [0.1, 0.15) is 0 Å². The number of ether oxygens (including phenoxy) is 2. The van der Waals surface area contributed by atoms with E-state index in [1.54, 1.807) is 6.92 Å². The lowest BCUT2D eigenvalue weighted by Crippen LogP contribution is -2.30. The Kier molecular flexibility index (Phi) is 5.77. The van der Waals surface area contributed by atoms with E-state index < -0.39 is 17.8 Å². The maximum Gasteiger partial charge on any atom is 0.397 e. The van der Waals surface area contributed by atoms with Crippen LogP contribution in [0, 0.1) is 0 Å². The molecule has 0 aliphatic rings. The van der Waals surface area contributed by atoms with Gasteiger partial charge in [0.15, 0.2) is 0 Å². The Morgan fingerprint density at radius 2 is 1.93 bits per heavy atom. The number of nitrogens with zero attached hydrogens (tertiary/aromatic N) is 1. The number of rotatable bonds is 3. The van der Waals surface area contributed by atoms with Crippen molar-refractivity contribution in [3.05, 3.63) is 12.3 Å². The standard InChI is InChI=1S/C9H13NO5/c1-4-15-9(13)8(12)10(2)6-5-7(11)14-3/h5-6H,4H2,1-3H3/b6-5-. The van der Waals surface area contributed by atoms with Crippen molar-refractivity contribution < 1.29 is 23.9 Å². The number of carbonyl (C=O) groups excluding carboxylic acids is 3. The molecule has 1 amide bonds. The van der Waals surface area contributed by atoms with Gasteiger partial charge in [-0.3, -0.25) is 4.79 Å². The molecule has 0 radical (unpaired) electrons. The molecule has 0 aromatic carbocycles. The van der Waals surface area contributed by atoms with Crippen molar-refractivity contribution in [2.45, 2.75) is 6.92 Å². The number of hydrogen-bond donors (Lipinski definition) is 0. The van der Waals surface area contributed by atoms with E-state index in [2.05, 4.69) is 9.47 Å². The Morgan fingerprint density at radius 3 is 2.40 bits per heavy atom. The zero-order chi connectivity index (χ0) is 11.8. The van der Waals surface area contributed by atoms with Crippen LogP contribution in [0.1, 0.15) is 6.92 Å². The third kappa shape index (κ3) is 4.80. The van der Waals surface area contributed by atoms with E-state index >= 15 is 0 Å². The second-order valence-corrected chi connectivity index (χ2v) is 2.48. The lowest BCUT2D eigenvalue weighted by atomic mass is 10.5. The Bertz CT molecular complexity index is 284. The van der Waals surface area contributed by atoms with Crippen molar-refractivity contribution in [2.24, 2.45) is 0 Å². The molecule has 6 heteroatoms. The van der Waals surface area contributed by atoms with Gasteiger partial charge in [-0.15, -0.1) is 0 Å². The van der Waals surface area contributed by atoms with E-state index in [1.807, 2.05) is 0 Å². The van der Waals surface area contributed by atoms with Crippen LogP contribution < -0.4 is 0 Å². The molecule has 0 heterocycles. The predicted molar refractivity (Wildman–Crippen MR) is 50.6 cm³/mol. The molecule has 0 saturated carbocycles. The molecule has 0 spiro atoms. The van der Waals surface area contributed by atoms with Gasteiger partial charge in [-0.1, -0.05) is 0 Å². The molecule has 0 atom stereocenters. The first-order chi connectivity index (χ1) is 7.02. The lowest BCUT2D eigenvalue weighted by molar-refractivity contribution is -0.157. The van der Waals surface area contributed by atoms with E-state index in [4.69, 9.17) is 0 Å². The summed E-state index contributed by atoms with van der Waals surface area (Å²) in [6, 6.07) is 0. The van der Waals surface area contributed by atoms with Crippen LogP contribution in [0.5, 0.6) is 0 Å². The van der Waals surface area contributed by atoms with Gasteiger partial charge in [-0.25, -0.2) is 9.59 Å². The second-order valence-electron chi connectivity index (χ2n) is 2.48. The van der Waals surface area contributed by atoms with Gasteiger partial charge in [0, 0.05) is 19.3 Å². The maximum absolute atomic E-state index is 11.2. The fourth-order valence-corrected chi connectivity index (χ4v) is 0.645. The molecule has 0 unspecified atom stereocenters. The van der Waals surface area contributed by atoms with Crippen LogP contribution in [-0.4, -0.2) is 43.5 Å². The summed E-state index contributed by atoms with van der Waals surface area (Å²) in [6.45, 7) is 1.72. The van der Waals surface area contributed by atoms with Crippen LogP contribution in [0.25, 0.3) is 0 Å². The molecule has 0 N–H and O–H groups in total. The lowest BCUT2D eigenvalue weighted by Gasteiger charge is -2.09. The summed E-state index contributed by atoms with van der Waals surface area (Å²) in [7, 11) is 2.54. The predicted octanol–water partition coefficient (Wildman–Crippen LogP) is -0.305. The van der Waals surface area contributed by atoms with Crippen LogP contribution in [-0.2, 0) is 23.9 Å². The van der Waals surface area contributed by atoms with Crippen LogP contribution in [0.3, 0.4) is 0 Å². The molecule has 84 valence electrons.